The van der Waals surface area contributed by atoms with Crippen molar-refractivity contribution in [2.24, 2.45) is 0 Å². The second-order valence-electron chi connectivity index (χ2n) is 6.22. The Kier molecular flexibility index (Phi) is 4.38. The summed E-state index contributed by atoms with van der Waals surface area (Å²) >= 11 is 1.56. The number of aromatic nitrogens is 3. The second kappa shape index (κ2) is 6.84. The maximum absolute atomic E-state index is 13.2. The molecule has 0 unspecified atom stereocenters. The Labute approximate surface area is 154 Å². The number of thiazole rings is 1. The van der Waals surface area contributed by atoms with Crippen LogP contribution in [0.15, 0.2) is 41.7 Å². The van der Waals surface area contributed by atoms with E-state index in [1.807, 2.05) is 0 Å². The fourth-order valence-electron chi connectivity index (χ4n) is 3.24. The number of hydrogen-bond acceptors (Lipinski definition) is 5. The van der Waals surface area contributed by atoms with Crippen molar-refractivity contribution in [1.29, 1.82) is 0 Å². The Morgan fingerprint density at radius 3 is 2.81 bits per heavy atom. The van der Waals surface area contributed by atoms with E-state index in [0.29, 0.717) is 22.4 Å². The maximum Gasteiger partial charge on any atom is 0.281 e. The highest BCUT2D eigenvalue weighted by Crippen LogP contribution is 2.32. The third-order valence-corrected chi connectivity index (χ3v) is 5.70. The van der Waals surface area contributed by atoms with Crippen LogP contribution in [0, 0.1) is 0 Å². The molecule has 0 spiro atoms. The standard InChI is InChI=1S/C19H18N4O2S/c1-2-11-23(19-20-14-9-5-6-10-15(14)26-19)18(25)16-12-7-3-4-8-13(12)17(24)22-21-16/h2-4,7-8H,1,5-6,9-11H2,(H,22,24). The van der Waals surface area contributed by atoms with Gasteiger partial charge in [0.05, 0.1) is 11.1 Å². The number of fused-ring (bicyclic) bond motifs is 2. The Morgan fingerprint density at radius 2 is 2.04 bits per heavy atom. The first-order chi connectivity index (χ1) is 12.7. The smallest absolute Gasteiger partial charge is 0.279 e. The third-order valence-electron chi connectivity index (χ3n) is 4.52. The maximum atomic E-state index is 13.2. The van der Waals surface area contributed by atoms with Gasteiger partial charge in [0.1, 0.15) is 0 Å². The summed E-state index contributed by atoms with van der Waals surface area (Å²) in [6.45, 7) is 4.10. The number of nitrogens with zero attached hydrogens (tertiary/aromatic N) is 3. The molecule has 0 aliphatic heterocycles. The highest BCUT2D eigenvalue weighted by atomic mass is 32.1. The minimum atomic E-state index is -0.308. The van der Waals surface area contributed by atoms with Gasteiger partial charge in [-0.1, -0.05) is 24.3 Å². The van der Waals surface area contributed by atoms with Crippen molar-refractivity contribution in [1.82, 2.24) is 15.2 Å². The summed E-state index contributed by atoms with van der Waals surface area (Å²) in [5.74, 6) is -0.288. The molecule has 3 aromatic rings. The summed E-state index contributed by atoms with van der Waals surface area (Å²) in [6, 6.07) is 6.98. The number of nitrogens with one attached hydrogen (secondary N) is 1. The third kappa shape index (κ3) is 2.84. The second-order valence-corrected chi connectivity index (χ2v) is 7.29. The molecule has 0 saturated heterocycles. The number of anilines is 1. The summed E-state index contributed by atoms with van der Waals surface area (Å²) in [5.41, 5.74) is 1.00. The van der Waals surface area contributed by atoms with Crippen LogP contribution in [0.25, 0.3) is 10.8 Å². The van der Waals surface area contributed by atoms with E-state index in [1.165, 1.54) is 4.88 Å². The predicted octanol–water partition coefficient (Wildman–Crippen LogP) is 3.09. The minimum Gasteiger partial charge on any atom is -0.279 e. The molecule has 1 aromatic carbocycles. The summed E-state index contributed by atoms with van der Waals surface area (Å²) in [6.07, 6.45) is 5.95. The molecular weight excluding hydrogens is 348 g/mol. The van der Waals surface area contributed by atoms with Crippen LogP contribution in [-0.4, -0.2) is 27.6 Å². The molecule has 0 radical (unpaired) electrons. The Hall–Kier alpha value is -2.80. The molecule has 1 N–H and O–H groups in total. The SMILES string of the molecule is C=CCN(C(=O)c1n[nH]c(=O)c2ccccc12)c1nc2c(s1)CCCC2. The number of H-pyrrole nitrogens is 1. The zero-order valence-corrected chi connectivity index (χ0v) is 15.0. The average molecular weight is 366 g/mol. The van der Waals surface area contributed by atoms with Crippen molar-refractivity contribution >= 4 is 33.1 Å². The minimum absolute atomic E-state index is 0.218. The van der Waals surface area contributed by atoms with Gasteiger partial charge in [-0.2, -0.15) is 5.10 Å². The Morgan fingerprint density at radius 1 is 1.27 bits per heavy atom. The number of rotatable bonds is 4. The van der Waals surface area contributed by atoms with Crippen LogP contribution in [0.5, 0.6) is 0 Å². The number of carbonyl (C=O) groups excluding carboxylic acids is 1. The van der Waals surface area contributed by atoms with Gasteiger partial charge in [0.25, 0.3) is 11.5 Å². The largest absolute Gasteiger partial charge is 0.281 e. The van der Waals surface area contributed by atoms with Gasteiger partial charge in [0.2, 0.25) is 0 Å². The van der Waals surface area contributed by atoms with Gasteiger partial charge in [-0.25, -0.2) is 10.1 Å². The van der Waals surface area contributed by atoms with E-state index in [1.54, 1.807) is 46.6 Å². The number of aromatic amines is 1. The molecule has 1 aliphatic carbocycles. The molecule has 132 valence electrons. The van der Waals surface area contributed by atoms with Crippen LogP contribution in [0.1, 0.15) is 33.9 Å². The lowest BCUT2D eigenvalue weighted by atomic mass is 10.0. The van der Waals surface area contributed by atoms with Gasteiger partial charge >= 0.3 is 0 Å². The number of hydrogen-bond donors (Lipinski definition) is 1. The fraction of sp³-hybridized carbons (Fsp3) is 0.263. The van der Waals surface area contributed by atoms with Crippen LogP contribution < -0.4 is 10.5 Å². The molecule has 0 bridgehead atoms. The van der Waals surface area contributed by atoms with E-state index in [4.69, 9.17) is 4.98 Å². The van der Waals surface area contributed by atoms with E-state index in [-0.39, 0.29) is 17.2 Å². The van der Waals surface area contributed by atoms with E-state index in [0.717, 1.165) is 31.4 Å². The molecule has 0 atom stereocenters. The van der Waals surface area contributed by atoms with E-state index < -0.39 is 0 Å². The van der Waals surface area contributed by atoms with Crippen molar-refractivity contribution in [2.75, 3.05) is 11.4 Å². The molecule has 1 amide bonds. The lowest BCUT2D eigenvalue weighted by Crippen LogP contribution is -2.32. The zero-order valence-electron chi connectivity index (χ0n) is 14.2. The summed E-state index contributed by atoms with van der Waals surface area (Å²) < 4.78 is 0. The van der Waals surface area contributed by atoms with E-state index in [2.05, 4.69) is 16.8 Å². The van der Waals surface area contributed by atoms with Gasteiger partial charge in [-0.3, -0.25) is 14.5 Å². The van der Waals surface area contributed by atoms with Gasteiger partial charge in [-0.15, -0.1) is 17.9 Å². The van der Waals surface area contributed by atoms with Crippen LogP contribution in [0.4, 0.5) is 5.13 Å². The molecule has 6 nitrogen and oxygen atoms in total. The highest BCUT2D eigenvalue weighted by Gasteiger charge is 2.26. The summed E-state index contributed by atoms with van der Waals surface area (Å²) in [7, 11) is 0. The van der Waals surface area contributed by atoms with Crippen LogP contribution in [0.2, 0.25) is 0 Å². The molecule has 7 heteroatoms. The van der Waals surface area contributed by atoms with Crippen LogP contribution >= 0.6 is 11.3 Å². The Bertz CT molecular complexity index is 1030. The molecule has 0 saturated carbocycles. The fourth-order valence-corrected chi connectivity index (χ4v) is 4.39. The summed E-state index contributed by atoms with van der Waals surface area (Å²) in [4.78, 5) is 32.7. The van der Waals surface area contributed by atoms with Crippen molar-refractivity contribution < 1.29 is 4.79 Å². The number of benzene rings is 1. The molecule has 4 rings (SSSR count). The van der Waals surface area contributed by atoms with Gasteiger partial charge < -0.3 is 0 Å². The van der Waals surface area contributed by atoms with Crippen molar-refractivity contribution in [3.8, 4) is 0 Å². The van der Waals surface area contributed by atoms with E-state index >= 15 is 0 Å². The lowest BCUT2D eigenvalue weighted by molar-refractivity contribution is 0.0985. The molecule has 1 aliphatic rings. The number of amides is 1. The number of aryl methyl sites for hydroxylation is 2. The van der Waals surface area contributed by atoms with Gasteiger partial charge in [-0.05, 0) is 31.7 Å². The topological polar surface area (TPSA) is 79.0 Å². The summed E-state index contributed by atoms with van der Waals surface area (Å²) in [5, 5.41) is 8.11. The van der Waals surface area contributed by atoms with Gasteiger partial charge in [0.15, 0.2) is 10.8 Å². The highest BCUT2D eigenvalue weighted by molar-refractivity contribution is 7.16. The molecule has 26 heavy (non-hydrogen) atoms. The predicted molar refractivity (Wildman–Crippen MR) is 103 cm³/mol. The van der Waals surface area contributed by atoms with Crippen LogP contribution in [0.3, 0.4) is 0 Å². The number of carbonyl (C=O) groups is 1. The van der Waals surface area contributed by atoms with E-state index in [9.17, 15) is 9.59 Å². The first-order valence-corrected chi connectivity index (χ1v) is 9.39. The zero-order chi connectivity index (χ0) is 18.1. The molecule has 2 heterocycles. The van der Waals surface area contributed by atoms with Crippen molar-refractivity contribution in [3.05, 3.63) is 63.5 Å². The quantitative estimate of drug-likeness (QED) is 0.720. The Balaban J connectivity index is 1.79. The molecular formula is C19H18N4O2S. The first kappa shape index (κ1) is 16.7. The first-order valence-electron chi connectivity index (χ1n) is 8.58. The molecule has 0 fully saturated rings. The van der Waals surface area contributed by atoms with Crippen molar-refractivity contribution in [2.45, 2.75) is 25.7 Å². The van der Waals surface area contributed by atoms with Gasteiger partial charge in [0, 0.05) is 16.8 Å². The normalized spacial score (nSPS) is 13.4. The van der Waals surface area contributed by atoms with Crippen LogP contribution in [-0.2, 0) is 12.8 Å². The molecule has 2 aromatic heterocycles. The van der Waals surface area contributed by atoms with Crippen molar-refractivity contribution in [3.63, 3.8) is 0 Å². The monoisotopic (exact) mass is 366 g/mol. The lowest BCUT2D eigenvalue weighted by Gasteiger charge is -2.18. The average Bonchev–Trinajstić information content (AvgIpc) is 3.10.